The summed E-state index contributed by atoms with van der Waals surface area (Å²) in [6.07, 6.45) is 3.95. The van der Waals surface area contributed by atoms with Gasteiger partial charge in [-0.3, -0.25) is 9.59 Å². The number of hydrogen-bond acceptors (Lipinski definition) is 7. The van der Waals surface area contributed by atoms with Gasteiger partial charge < -0.3 is 30.2 Å². The van der Waals surface area contributed by atoms with Crippen LogP contribution in [0.4, 0.5) is 5.69 Å². The van der Waals surface area contributed by atoms with Gasteiger partial charge in [-0.15, -0.1) is 0 Å². The van der Waals surface area contributed by atoms with Gasteiger partial charge in [0.1, 0.15) is 11.3 Å². The normalized spacial score (nSPS) is 18.4. The highest BCUT2D eigenvalue weighted by molar-refractivity contribution is 6.04. The fraction of sp³-hybridized carbons (Fsp3) is 0.238. The summed E-state index contributed by atoms with van der Waals surface area (Å²) >= 11 is 0. The fourth-order valence-electron chi connectivity index (χ4n) is 3.22. The Balaban J connectivity index is 1.52. The molecule has 1 aliphatic rings. The van der Waals surface area contributed by atoms with E-state index >= 15 is 0 Å². The fourth-order valence-corrected chi connectivity index (χ4v) is 3.22. The maximum absolute atomic E-state index is 12.7. The number of amides is 2. The number of carbonyl (C=O) groups excluding carboxylic acids is 2. The van der Waals surface area contributed by atoms with Crippen LogP contribution in [0.3, 0.4) is 0 Å². The van der Waals surface area contributed by atoms with E-state index in [1.807, 2.05) is 0 Å². The van der Waals surface area contributed by atoms with Crippen LogP contribution in [0, 0.1) is 0 Å². The number of H-pyrrole nitrogens is 1. The van der Waals surface area contributed by atoms with Crippen molar-refractivity contribution < 1.29 is 24.2 Å². The molecule has 2 aromatic heterocycles. The van der Waals surface area contributed by atoms with Gasteiger partial charge in [-0.05, 0) is 24.6 Å². The molecule has 1 saturated heterocycles. The van der Waals surface area contributed by atoms with Gasteiger partial charge in [-0.2, -0.15) is 0 Å². The zero-order valence-corrected chi connectivity index (χ0v) is 16.5. The highest BCUT2D eigenvalue weighted by Crippen LogP contribution is 2.25. The number of carbonyl (C=O) groups is 2. The van der Waals surface area contributed by atoms with E-state index in [0.29, 0.717) is 41.2 Å². The van der Waals surface area contributed by atoms with Gasteiger partial charge in [-0.25, -0.2) is 9.97 Å². The van der Waals surface area contributed by atoms with Crippen molar-refractivity contribution in [3.63, 3.8) is 0 Å². The molecule has 2 atom stereocenters. The highest BCUT2D eigenvalue weighted by Gasteiger charge is 2.24. The first-order chi connectivity index (χ1) is 15.0. The molecule has 0 aliphatic carbocycles. The predicted molar refractivity (Wildman–Crippen MR) is 112 cm³/mol. The Morgan fingerprint density at radius 1 is 1.35 bits per heavy atom. The van der Waals surface area contributed by atoms with Crippen LogP contribution in [0.25, 0.3) is 11.2 Å². The Kier molecular flexibility index (Phi) is 5.92. The van der Waals surface area contributed by atoms with Gasteiger partial charge in [0.05, 0.1) is 37.1 Å². The predicted octanol–water partition coefficient (Wildman–Crippen LogP) is 1.75. The van der Waals surface area contributed by atoms with Crippen molar-refractivity contribution >= 4 is 28.7 Å². The third-order valence-electron chi connectivity index (χ3n) is 4.63. The molecule has 31 heavy (non-hydrogen) atoms. The molecule has 4 rings (SSSR count). The van der Waals surface area contributed by atoms with Crippen molar-refractivity contribution in [1.82, 2.24) is 20.3 Å². The number of benzene rings is 1. The van der Waals surface area contributed by atoms with E-state index in [1.165, 1.54) is 18.5 Å². The Labute approximate surface area is 177 Å². The summed E-state index contributed by atoms with van der Waals surface area (Å²) in [6.45, 7) is 4.02. The second-order valence-corrected chi connectivity index (χ2v) is 7.03. The van der Waals surface area contributed by atoms with Crippen molar-refractivity contribution in [3.05, 3.63) is 54.9 Å². The molecule has 0 spiro atoms. The molecule has 3 aromatic rings. The lowest BCUT2D eigenvalue weighted by molar-refractivity contribution is -0.111. The third-order valence-corrected chi connectivity index (χ3v) is 4.63. The first-order valence-corrected chi connectivity index (χ1v) is 9.64. The van der Waals surface area contributed by atoms with Gasteiger partial charge in [0.2, 0.25) is 11.8 Å². The topological polar surface area (TPSA) is 138 Å². The molecule has 2 amide bonds. The number of fused-ring (bicyclic) bond motifs is 1. The minimum Gasteiger partial charge on any atom is -0.437 e. The van der Waals surface area contributed by atoms with Crippen molar-refractivity contribution in [2.75, 3.05) is 18.5 Å². The Hall–Kier alpha value is -3.76. The van der Waals surface area contributed by atoms with Crippen LogP contribution in [0.1, 0.15) is 16.8 Å². The number of rotatable bonds is 6. The van der Waals surface area contributed by atoms with Crippen LogP contribution in [-0.4, -0.2) is 57.2 Å². The van der Waals surface area contributed by atoms with Gasteiger partial charge in [0.25, 0.3) is 5.91 Å². The molecular weight excluding hydrogens is 402 g/mol. The molecule has 0 radical (unpaired) electrons. The molecule has 0 saturated carbocycles. The standard InChI is InChI=1S/C21H21N5O5/c1-2-17(28)24-12-4-3-5-15(7-12)31-18-9-23-20-19(26-18)16(8-22-20)21(29)25-13-6-14(27)11-30-10-13/h2-5,7-9,13-14,27H,1,6,10-11H2,(H,22,23)(H,24,28)(H,25,29). The largest absolute Gasteiger partial charge is 0.437 e. The van der Waals surface area contributed by atoms with Crippen LogP contribution < -0.4 is 15.4 Å². The average Bonchev–Trinajstić information content (AvgIpc) is 3.17. The van der Waals surface area contributed by atoms with E-state index in [0.717, 1.165) is 0 Å². The van der Waals surface area contributed by atoms with E-state index in [4.69, 9.17) is 9.47 Å². The van der Waals surface area contributed by atoms with E-state index in [-0.39, 0.29) is 30.3 Å². The van der Waals surface area contributed by atoms with Crippen LogP contribution in [0.5, 0.6) is 11.6 Å². The lowest BCUT2D eigenvalue weighted by Crippen LogP contribution is -2.45. The van der Waals surface area contributed by atoms with Crippen molar-refractivity contribution in [1.29, 1.82) is 0 Å². The summed E-state index contributed by atoms with van der Waals surface area (Å²) < 4.78 is 11.0. The van der Waals surface area contributed by atoms with Gasteiger partial charge in [-0.1, -0.05) is 12.6 Å². The minimum absolute atomic E-state index is 0.185. The Bertz CT molecular complexity index is 1130. The van der Waals surface area contributed by atoms with Crippen LogP contribution >= 0.6 is 0 Å². The lowest BCUT2D eigenvalue weighted by atomic mass is 10.1. The number of aromatic amines is 1. The zero-order chi connectivity index (χ0) is 21.8. The summed E-state index contributed by atoms with van der Waals surface area (Å²) in [5, 5.41) is 15.2. The number of hydrogen-bond donors (Lipinski definition) is 4. The molecule has 10 nitrogen and oxygen atoms in total. The Morgan fingerprint density at radius 2 is 2.23 bits per heavy atom. The zero-order valence-electron chi connectivity index (χ0n) is 16.5. The SMILES string of the molecule is C=CC(=O)Nc1cccc(Oc2cnc3[nH]cc(C(=O)NC4COCC(O)C4)c3n2)c1. The molecule has 0 bridgehead atoms. The monoisotopic (exact) mass is 423 g/mol. The molecule has 1 fully saturated rings. The van der Waals surface area contributed by atoms with E-state index < -0.39 is 6.10 Å². The number of anilines is 1. The van der Waals surface area contributed by atoms with Crippen LogP contribution in [0.2, 0.25) is 0 Å². The third kappa shape index (κ3) is 4.87. The summed E-state index contributed by atoms with van der Waals surface area (Å²) in [5.74, 6) is -0.0677. The highest BCUT2D eigenvalue weighted by atomic mass is 16.5. The molecule has 3 heterocycles. The van der Waals surface area contributed by atoms with Crippen molar-refractivity contribution in [2.45, 2.75) is 18.6 Å². The Morgan fingerprint density at radius 3 is 3.03 bits per heavy atom. The first kappa shape index (κ1) is 20.5. The molecule has 2 unspecified atom stereocenters. The van der Waals surface area contributed by atoms with Crippen LogP contribution in [-0.2, 0) is 9.53 Å². The van der Waals surface area contributed by atoms with E-state index in [2.05, 4.69) is 32.2 Å². The number of nitrogens with zero attached hydrogens (tertiary/aromatic N) is 2. The van der Waals surface area contributed by atoms with Gasteiger partial charge in [0, 0.05) is 18.0 Å². The molecule has 1 aromatic carbocycles. The maximum Gasteiger partial charge on any atom is 0.255 e. The number of aromatic nitrogens is 3. The van der Waals surface area contributed by atoms with Crippen molar-refractivity contribution in [2.24, 2.45) is 0 Å². The molecule has 10 heteroatoms. The number of aliphatic hydroxyl groups excluding tert-OH is 1. The number of nitrogens with one attached hydrogen (secondary N) is 3. The van der Waals surface area contributed by atoms with Crippen molar-refractivity contribution in [3.8, 4) is 11.6 Å². The van der Waals surface area contributed by atoms with Gasteiger partial charge in [0.15, 0.2) is 5.65 Å². The molecule has 160 valence electrons. The lowest BCUT2D eigenvalue weighted by Gasteiger charge is -2.26. The summed E-state index contributed by atoms with van der Waals surface area (Å²) in [6, 6.07) is 6.47. The van der Waals surface area contributed by atoms with Crippen LogP contribution in [0.15, 0.2) is 49.3 Å². The summed E-state index contributed by atoms with van der Waals surface area (Å²) in [4.78, 5) is 35.8. The molecule has 4 N–H and O–H groups in total. The van der Waals surface area contributed by atoms with E-state index in [1.54, 1.807) is 24.3 Å². The summed E-state index contributed by atoms with van der Waals surface area (Å²) in [7, 11) is 0. The minimum atomic E-state index is -0.603. The smallest absolute Gasteiger partial charge is 0.255 e. The van der Waals surface area contributed by atoms with Gasteiger partial charge >= 0.3 is 0 Å². The second kappa shape index (κ2) is 8.94. The number of ether oxygens (including phenoxy) is 2. The quantitative estimate of drug-likeness (QED) is 0.443. The molecule has 1 aliphatic heterocycles. The maximum atomic E-state index is 12.7. The summed E-state index contributed by atoms with van der Waals surface area (Å²) in [5.41, 5.74) is 1.63. The average molecular weight is 423 g/mol. The van der Waals surface area contributed by atoms with E-state index in [9.17, 15) is 14.7 Å². The molecular formula is C21H21N5O5. The number of aliphatic hydroxyl groups is 1. The first-order valence-electron chi connectivity index (χ1n) is 9.64. The second-order valence-electron chi connectivity index (χ2n) is 7.03.